The Balaban J connectivity index is 1.72. The van der Waals surface area contributed by atoms with E-state index < -0.39 is 0 Å². The van der Waals surface area contributed by atoms with Gasteiger partial charge in [-0.3, -0.25) is 0 Å². The molecular weight excluding hydrogens is 272 g/mol. The Kier molecular flexibility index (Phi) is 3.77. The maximum absolute atomic E-state index is 4.65. The number of rotatable bonds is 4. The smallest absolute Gasteiger partial charge is 0.225 e. The van der Waals surface area contributed by atoms with E-state index in [0.29, 0.717) is 6.54 Å². The average molecular weight is 290 g/mol. The highest BCUT2D eigenvalue weighted by Crippen LogP contribution is 2.18. The van der Waals surface area contributed by atoms with Gasteiger partial charge in [0.05, 0.1) is 12.2 Å². The van der Waals surface area contributed by atoms with Crippen molar-refractivity contribution in [1.82, 2.24) is 20.2 Å². The van der Waals surface area contributed by atoms with E-state index in [1.54, 1.807) is 11.3 Å². The second-order valence-electron chi connectivity index (χ2n) is 4.97. The van der Waals surface area contributed by atoms with E-state index in [1.807, 2.05) is 19.9 Å². The molecule has 0 atom stereocenters. The van der Waals surface area contributed by atoms with Crippen LogP contribution in [0.4, 0.5) is 11.1 Å². The van der Waals surface area contributed by atoms with Crippen molar-refractivity contribution >= 4 is 22.4 Å². The summed E-state index contributed by atoms with van der Waals surface area (Å²) >= 11 is 1.55. The molecule has 20 heavy (non-hydrogen) atoms. The van der Waals surface area contributed by atoms with Gasteiger partial charge in [0.25, 0.3) is 0 Å². The van der Waals surface area contributed by atoms with Crippen LogP contribution in [0.1, 0.15) is 29.2 Å². The fraction of sp³-hybridized carbons (Fsp3) is 0.538. The fourth-order valence-electron chi connectivity index (χ4n) is 2.30. The lowest BCUT2D eigenvalue weighted by atomic mass is 10.3. The van der Waals surface area contributed by atoms with Crippen LogP contribution in [0.25, 0.3) is 0 Å². The minimum Gasteiger partial charge on any atom is -0.354 e. The fourth-order valence-corrected chi connectivity index (χ4v) is 2.89. The van der Waals surface area contributed by atoms with Crippen LogP contribution in [-0.4, -0.2) is 33.3 Å². The minimum atomic E-state index is 0.652. The number of hydrogen-bond donors (Lipinski definition) is 1. The predicted octanol–water partition coefficient (Wildman–Crippen LogP) is 2.16. The van der Waals surface area contributed by atoms with E-state index in [0.717, 1.165) is 40.6 Å². The molecule has 0 radical (unpaired) electrons. The molecule has 0 unspecified atom stereocenters. The maximum atomic E-state index is 4.65. The Bertz CT molecular complexity index is 590. The first-order valence-electron chi connectivity index (χ1n) is 6.84. The van der Waals surface area contributed by atoms with E-state index in [-0.39, 0.29) is 0 Å². The van der Waals surface area contributed by atoms with E-state index in [4.69, 9.17) is 0 Å². The third-order valence-electron chi connectivity index (χ3n) is 3.23. The van der Waals surface area contributed by atoms with Gasteiger partial charge in [0.1, 0.15) is 5.01 Å². The second-order valence-corrected chi connectivity index (χ2v) is 6.16. The van der Waals surface area contributed by atoms with E-state index in [2.05, 4.69) is 30.4 Å². The summed E-state index contributed by atoms with van der Waals surface area (Å²) in [5, 5.41) is 13.1. The Morgan fingerprint density at radius 3 is 2.70 bits per heavy atom. The highest BCUT2D eigenvalue weighted by atomic mass is 32.1. The lowest BCUT2D eigenvalue weighted by Gasteiger charge is -2.16. The largest absolute Gasteiger partial charge is 0.354 e. The zero-order valence-corrected chi connectivity index (χ0v) is 12.6. The summed E-state index contributed by atoms with van der Waals surface area (Å²) in [5.74, 6) is 0.854. The summed E-state index contributed by atoms with van der Waals surface area (Å²) in [6.45, 7) is 6.74. The van der Waals surface area contributed by atoms with Crippen LogP contribution in [0.2, 0.25) is 0 Å². The Labute approximate surface area is 122 Å². The van der Waals surface area contributed by atoms with Gasteiger partial charge in [-0.2, -0.15) is 0 Å². The van der Waals surface area contributed by atoms with Gasteiger partial charge >= 0.3 is 0 Å². The van der Waals surface area contributed by atoms with Crippen molar-refractivity contribution in [2.45, 2.75) is 33.2 Å². The molecule has 2 aromatic rings. The molecule has 7 heteroatoms. The monoisotopic (exact) mass is 290 g/mol. The van der Waals surface area contributed by atoms with E-state index >= 15 is 0 Å². The van der Waals surface area contributed by atoms with Crippen molar-refractivity contribution in [2.24, 2.45) is 0 Å². The quantitative estimate of drug-likeness (QED) is 0.930. The normalized spacial score (nSPS) is 14.8. The first kappa shape index (κ1) is 13.2. The minimum absolute atomic E-state index is 0.652. The van der Waals surface area contributed by atoms with Crippen LogP contribution < -0.4 is 10.2 Å². The molecular formula is C13H18N6S. The molecule has 0 saturated carbocycles. The molecule has 1 saturated heterocycles. The summed E-state index contributed by atoms with van der Waals surface area (Å²) in [5.41, 5.74) is 2.00. The zero-order valence-electron chi connectivity index (χ0n) is 11.8. The van der Waals surface area contributed by atoms with Crippen LogP contribution in [0.5, 0.6) is 0 Å². The van der Waals surface area contributed by atoms with Crippen molar-refractivity contribution in [3.8, 4) is 0 Å². The molecule has 1 aliphatic rings. The van der Waals surface area contributed by atoms with Gasteiger partial charge in [-0.15, -0.1) is 10.2 Å². The number of hydrogen-bond acceptors (Lipinski definition) is 7. The number of aryl methyl sites for hydroxylation is 2. The number of nitrogens with zero attached hydrogens (tertiary/aromatic N) is 5. The molecule has 0 bridgehead atoms. The molecule has 1 N–H and O–H groups in total. The maximum Gasteiger partial charge on any atom is 0.225 e. The molecule has 6 nitrogen and oxygen atoms in total. The molecule has 1 aliphatic heterocycles. The van der Waals surface area contributed by atoms with Crippen molar-refractivity contribution in [1.29, 1.82) is 0 Å². The van der Waals surface area contributed by atoms with Crippen LogP contribution in [0, 0.1) is 13.8 Å². The molecule has 0 amide bonds. The third-order valence-corrected chi connectivity index (χ3v) is 4.03. The van der Waals surface area contributed by atoms with E-state index in [9.17, 15) is 0 Å². The highest BCUT2D eigenvalue weighted by Gasteiger charge is 2.15. The average Bonchev–Trinajstić information content (AvgIpc) is 3.07. The summed E-state index contributed by atoms with van der Waals surface area (Å²) in [6.07, 6.45) is 2.46. The van der Waals surface area contributed by atoms with Gasteiger partial charge in [-0.1, -0.05) is 11.3 Å². The highest BCUT2D eigenvalue weighted by molar-refractivity contribution is 7.15. The summed E-state index contributed by atoms with van der Waals surface area (Å²) < 4.78 is 0. The van der Waals surface area contributed by atoms with Crippen molar-refractivity contribution < 1.29 is 0 Å². The van der Waals surface area contributed by atoms with Crippen molar-refractivity contribution in [3.05, 3.63) is 22.5 Å². The van der Waals surface area contributed by atoms with Gasteiger partial charge in [-0.25, -0.2) is 9.97 Å². The second kappa shape index (κ2) is 5.70. The Hall–Kier alpha value is -1.76. The first-order chi connectivity index (χ1) is 9.70. The van der Waals surface area contributed by atoms with Crippen LogP contribution >= 0.6 is 11.3 Å². The van der Waals surface area contributed by atoms with E-state index in [1.165, 1.54) is 12.8 Å². The standard InChI is InChI=1S/C13H18N6S/c1-9-7-11(8-14-13-18-17-10(2)20-13)16-12(15-9)19-5-3-4-6-19/h7H,3-6,8H2,1-2H3,(H,14,18). The van der Waals surface area contributed by atoms with Gasteiger partial charge in [0, 0.05) is 18.8 Å². The molecule has 106 valence electrons. The molecule has 3 rings (SSSR count). The van der Waals surface area contributed by atoms with Crippen molar-refractivity contribution in [3.63, 3.8) is 0 Å². The lowest BCUT2D eigenvalue weighted by molar-refractivity contribution is 0.864. The van der Waals surface area contributed by atoms with Crippen molar-refractivity contribution in [2.75, 3.05) is 23.3 Å². The number of anilines is 2. The zero-order chi connectivity index (χ0) is 13.9. The van der Waals surface area contributed by atoms with Crippen LogP contribution in [-0.2, 0) is 6.54 Å². The van der Waals surface area contributed by atoms with Gasteiger partial charge in [0.15, 0.2) is 0 Å². The van der Waals surface area contributed by atoms with Gasteiger partial charge in [-0.05, 0) is 32.8 Å². The Morgan fingerprint density at radius 2 is 2.00 bits per heavy atom. The molecule has 3 heterocycles. The first-order valence-corrected chi connectivity index (χ1v) is 7.66. The van der Waals surface area contributed by atoms with Crippen LogP contribution in [0.15, 0.2) is 6.07 Å². The molecule has 0 spiro atoms. The molecule has 1 fully saturated rings. The lowest BCUT2D eigenvalue weighted by Crippen LogP contribution is -2.21. The van der Waals surface area contributed by atoms with Gasteiger partial charge < -0.3 is 10.2 Å². The summed E-state index contributed by atoms with van der Waals surface area (Å²) in [4.78, 5) is 11.4. The Morgan fingerprint density at radius 1 is 1.20 bits per heavy atom. The van der Waals surface area contributed by atoms with Gasteiger partial charge in [0.2, 0.25) is 11.1 Å². The molecule has 0 aliphatic carbocycles. The third kappa shape index (κ3) is 3.04. The molecule has 0 aromatic carbocycles. The summed E-state index contributed by atoms with van der Waals surface area (Å²) in [6, 6.07) is 2.01. The number of nitrogens with one attached hydrogen (secondary N) is 1. The SMILES string of the molecule is Cc1cc(CNc2nnc(C)s2)nc(N2CCCC2)n1. The topological polar surface area (TPSA) is 66.8 Å². The predicted molar refractivity (Wildman–Crippen MR) is 80.2 cm³/mol. The molecule has 2 aromatic heterocycles. The number of aromatic nitrogens is 4. The van der Waals surface area contributed by atoms with Crippen LogP contribution in [0.3, 0.4) is 0 Å². The summed E-state index contributed by atoms with van der Waals surface area (Å²) in [7, 11) is 0.